The zero-order chi connectivity index (χ0) is 24.3. The first-order valence-corrected chi connectivity index (χ1v) is 11.2. The molecule has 0 unspecified atom stereocenters. The second-order valence-corrected chi connectivity index (χ2v) is 9.20. The molecule has 3 aromatic rings. The molecule has 1 fully saturated rings. The Kier molecular flexibility index (Phi) is 6.74. The quantitative estimate of drug-likeness (QED) is 0.622. The van der Waals surface area contributed by atoms with E-state index in [0.29, 0.717) is 49.1 Å². The van der Waals surface area contributed by atoms with E-state index in [9.17, 15) is 14.0 Å². The SMILES string of the molecule is CC(C)(C)C(=O)Nc1cc(-c2c(-c3ccc(F)cc3)ncn2CC(=O)N2CCOCC2)ccn1. The molecule has 34 heavy (non-hydrogen) atoms. The predicted octanol–water partition coefficient (Wildman–Crippen LogP) is 3.59. The molecule has 0 aliphatic carbocycles. The van der Waals surface area contributed by atoms with Crippen LogP contribution in [-0.4, -0.2) is 57.6 Å². The maximum atomic E-state index is 13.5. The molecule has 1 aliphatic rings. The fraction of sp³-hybridized carbons (Fsp3) is 0.360. The maximum absolute atomic E-state index is 13.5. The Bertz CT molecular complexity index is 1180. The van der Waals surface area contributed by atoms with Crippen molar-refractivity contribution in [3.05, 3.63) is 54.7 Å². The smallest absolute Gasteiger partial charge is 0.242 e. The lowest BCUT2D eigenvalue weighted by Crippen LogP contribution is -2.42. The standard InChI is InChI=1S/C25H28FN5O3/c1-25(2,3)24(33)29-20-14-18(8-9-27-20)23-22(17-4-6-19(26)7-5-17)28-16-31(23)15-21(32)30-10-12-34-13-11-30/h4-9,14,16H,10-13,15H2,1-3H3,(H,27,29,33). The summed E-state index contributed by atoms with van der Waals surface area (Å²) in [5.41, 5.74) is 2.15. The van der Waals surface area contributed by atoms with E-state index in [1.165, 1.54) is 12.1 Å². The van der Waals surface area contributed by atoms with Gasteiger partial charge in [-0.2, -0.15) is 0 Å². The molecule has 0 atom stereocenters. The summed E-state index contributed by atoms with van der Waals surface area (Å²) >= 11 is 0. The third-order valence-electron chi connectivity index (χ3n) is 5.58. The second-order valence-electron chi connectivity index (χ2n) is 9.20. The number of amides is 2. The highest BCUT2D eigenvalue weighted by Crippen LogP contribution is 2.32. The van der Waals surface area contributed by atoms with Crippen LogP contribution in [0.3, 0.4) is 0 Å². The van der Waals surface area contributed by atoms with Gasteiger partial charge in [0.15, 0.2) is 0 Å². The van der Waals surface area contributed by atoms with Gasteiger partial charge in [0.2, 0.25) is 11.8 Å². The van der Waals surface area contributed by atoms with Crippen molar-refractivity contribution in [2.24, 2.45) is 5.41 Å². The van der Waals surface area contributed by atoms with Crippen LogP contribution in [0.4, 0.5) is 10.2 Å². The van der Waals surface area contributed by atoms with Crippen LogP contribution in [0.2, 0.25) is 0 Å². The second kappa shape index (κ2) is 9.72. The first-order chi connectivity index (χ1) is 16.2. The number of nitrogens with zero attached hydrogens (tertiary/aromatic N) is 4. The fourth-order valence-electron chi connectivity index (χ4n) is 3.63. The average molecular weight is 466 g/mol. The molecule has 4 rings (SSSR count). The molecule has 0 radical (unpaired) electrons. The van der Waals surface area contributed by atoms with Gasteiger partial charge in [0.05, 0.1) is 30.9 Å². The highest BCUT2D eigenvalue weighted by atomic mass is 19.1. The minimum atomic E-state index is -0.580. The number of hydrogen-bond donors (Lipinski definition) is 1. The molecule has 178 valence electrons. The molecule has 8 nitrogen and oxygen atoms in total. The van der Waals surface area contributed by atoms with Crippen molar-refractivity contribution < 1.29 is 18.7 Å². The zero-order valence-corrected chi connectivity index (χ0v) is 19.5. The molecular weight excluding hydrogens is 437 g/mol. The van der Waals surface area contributed by atoms with Crippen LogP contribution in [0.15, 0.2) is 48.9 Å². The first-order valence-electron chi connectivity index (χ1n) is 11.2. The molecule has 1 N–H and O–H groups in total. The van der Waals surface area contributed by atoms with E-state index in [0.717, 1.165) is 5.56 Å². The number of aromatic nitrogens is 3. The fourth-order valence-corrected chi connectivity index (χ4v) is 3.63. The van der Waals surface area contributed by atoms with Gasteiger partial charge in [-0.05, 0) is 36.4 Å². The van der Waals surface area contributed by atoms with Gasteiger partial charge < -0.3 is 19.5 Å². The molecule has 0 spiro atoms. The number of ether oxygens (including phenoxy) is 1. The molecular formula is C25H28FN5O3. The van der Waals surface area contributed by atoms with Crippen molar-refractivity contribution in [3.8, 4) is 22.5 Å². The number of hydrogen-bond acceptors (Lipinski definition) is 5. The zero-order valence-electron chi connectivity index (χ0n) is 19.5. The van der Waals surface area contributed by atoms with Crippen LogP contribution >= 0.6 is 0 Å². The number of anilines is 1. The Morgan fingerprint density at radius 1 is 1.06 bits per heavy atom. The maximum Gasteiger partial charge on any atom is 0.242 e. The highest BCUT2D eigenvalue weighted by molar-refractivity contribution is 5.94. The Hall–Kier alpha value is -3.59. The summed E-state index contributed by atoms with van der Waals surface area (Å²) < 4.78 is 20.7. The molecule has 2 aromatic heterocycles. The number of halogens is 1. The van der Waals surface area contributed by atoms with E-state index >= 15 is 0 Å². The van der Waals surface area contributed by atoms with Crippen LogP contribution in [0.5, 0.6) is 0 Å². The summed E-state index contributed by atoms with van der Waals surface area (Å²) in [6.45, 7) is 7.70. The van der Waals surface area contributed by atoms with Crippen molar-refractivity contribution >= 4 is 17.6 Å². The van der Waals surface area contributed by atoms with Crippen LogP contribution < -0.4 is 5.32 Å². The lowest BCUT2D eigenvalue weighted by molar-refractivity contribution is -0.135. The molecule has 0 bridgehead atoms. The van der Waals surface area contributed by atoms with Gasteiger partial charge in [0.25, 0.3) is 0 Å². The van der Waals surface area contributed by atoms with Crippen molar-refractivity contribution in [2.75, 3.05) is 31.6 Å². The van der Waals surface area contributed by atoms with Gasteiger partial charge in [-0.3, -0.25) is 9.59 Å². The summed E-state index contributed by atoms with van der Waals surface area (Å²) in [6, 6.07) is 9.60. The summed E-state index contributed by atoms with van der Waals surface area (Å²) in [5.74, 6) is -0.145. The van der Waals surface area contributed by atoms with Crippen molar-refractivity contribution in [1.29, 1.82) is 0 Å². The highest BCUT2D eigenvalue weighted by Gasteiger charge is 2.24. The number of morpholine rings is 1. The summed E-state index contributed by atoms with van der Waals surface area (Å²) in [4.78, 5) is 36.1. The Morgan fingerprint density at radius 3 is 2.44 bits per heavy atom. The third-order valence-corrected chi connectivity index (χ3v) is 5.58. The number of rotatable bonds is 5. The first kappa shape index (κ1) is 23.6. The summed E-state index contributed by atoms with van der Waals surface area (Å²) in [6.07, 6.45) is 3.21. The molecule has 2 amide bonds. The molecule has 1 aromatic carbocycles. The van der Waals surface area contributed by atoms with E-state index in [4.69, 9.17) is 4.74 Å². The Morgan fingerprint density at radius 2 is 1.76 bits per heavy atom. The Labute approximate surface area is 197 Å². The van der Waals surface area contributed by atoms with Crippen LogP contribution in [0.25, 0.3) is 22.5 Å². The normalized spacial score (nSPS) is 14.2. The van der Waals surface area contributed by atoms with E-state index in [-0.39, 0.29) is 24.2 Å². The van der Waals surface area contributed by atoms with Crippen LogP contribution in [0.1, 0.15) is 20.8 Å². The van der Waals surface area contributed by atoms with Gasteiger partial charge in [-0.25, -0.2) is 14.4 Å². The lowest BCUT2D eigenvalue weighted by Gasteiger charge is -2.27. The number of benzene rings is 1. The van der Waals surface area contributed by atoms with Gasteiger partial charge in [0.1, 0.15) is 18.2 Å². The predicted molar refractivity (Wildman–Crippen MR) is 126 cm³/mol. The number of carbonyl (C=O) groups excluding carboxylic acids is 2. The lowest BCUT2D eigenvalue weighted by atomic mass is 9.96. The van der Waals surface area contributed by atoms with Crippen LogP contribution in [-0.2, 0) is 20.9 Å². The van der Waals surface area contributed by atoms with E-state index in [2.05, 4.69) is 15.3 Å². The topological polar surface area (TPSA) is 89.4 Å². The number of carbonyl (C=O) groups is 2. The van der Waals surface area contributed by atoms with Crippen molar-refractivity contribution in [3.63, 3.8) is 0 Å². The van der Waals surface area contributed by atoms with Crippen LogP contribution in [0, 0.1) is 11.2 Å². The third kappa shape index (κ3) is 5.31. The average Bonchev–Trinajstić information content (AvgIpc) is 3.23. The van der Waals surface area contributed by atoms with E-state index in [1.807, 2.05) is 20.8 Å². The Balaban J connectivity index is 1.72. The largest absolute Gasteiger partial charge is 0.378 e. The molecule has 9 heteroatoms. The minimum absolute atomic E-state index is 0.0390. The van der Waals surface area contributed by atoms with Gasteiger partial charge >= 0.3 is 0 Å². The van der Waals surface area contributed by atoms with Crippen molar-refractivity contribution in [2.45, 2.75) is 27.3 Å². The number of pyridine rings is 1. The van der Waals surface area contributed by atoms with E-state index in [1.54, 1.807) is 46.3 Å². The van der Waals surface area contributed by atoms with Gasteiger partial charge in [0, 0.05) is 35.8 Å². The summed E-state index contributed by atoms with van der Waals surface area (Å²) in [7, 11) is 0. The molecule has 1 aliphatic heterocycles. The van der Waals surface area contributed by atoms with Gasteiger partial charge in [-0.15, -0.1) is 0 Å². The van der Waals surface area contributed by atoms with Gasteiger partial charge in [-0.1, -0.05) is 20.8 Å². The molecule has 3 heterocycles. The molecule has 0 saturated carbocycles. The monoisotopic (exact) mass is 465 g/mol. The number of nitrogens with one attached hydrogen (secondary N) is 1. The van der Waals surface area contributed by atoms with E-state index < -0.39 is 5.41 Å². The number of imidazole rings is 1. The van der Waals surface area contributed by atoms with Crippen molar-refractivity contribution in [1.82, 2.24) is 19.4 Å². The molecule has 1 saturated heterocycles. The summed E-state index contributed by atoms with van der Waals surface area (Å²) in [5, 5.41) is 2.84. The minimum Gasteiger partial charge on any atom is -0.378 e.